The fourth-order valence-corrected chi connectivity index (χ4v) is 2.68. The summed E-state index contributed by atoms with van der Waals surface area (Å²) in [5.41, 5.74) is 0.869. The van der Waals surface area contributed by atoms with Crippen LogP contribution in [0.5, 0.6) is 0 Å². The number of nitrogens with one attached hydrogen (secondary N) is 3. The minimum atomic E-state index is -3.30. The van der Waals surface area contributed by atoms with E-state index in [9.17, 15) is 8.42 Å². The van der Waals surface area contributed by atoms with Crippen molar-refractivity contribution in [2.24, 2.45) is 0 Å². The predicted octanol–water partition coefficient (Wildman–Crippen LogP) is 0.175. The summed E-state index contributed by atoms with van der Waals surface area (Å²) in [6.07, 6.45) is 3.43. The molecular weight excluding hydrogens is 214 g/mol. The number of rotatable bonds is 5. The van der Waals surface area contributed by atoms with E-state index in [-0.39, 0.29) is 6.04 Å². The molecule has 0 aromatic carbocycles. The maximum Gasteiger partial charge on any atom is 0.242 e. The van der Waals surface area contributed by atoms with E-state index in [1.807, 2.05) is 7.05 Å². The Labute approximate surface area is 89.3 Å². The highest BCUT2D eigenvalue weighted by molar-refractivity contribution is 7.89. The number of aromatic amines is 1. The van der Waals surface area contributed by atoms with E-state index in [0.29, 0.717) is 11.4 Å². The number of hydrogen-bond acceptors (Lipinski definition) is 3. The molecule has 1 aliphatic carbocycles. The molecule has 1 aromatic rings. The molecule has 1 fully saturated rings. The van der Waals surface area contributed by atoms with Gasteiger partial charge in [0.2, 0.25) is 10.0 Å². The molecule has 15 heavy (non-hydrogen) atoms. The summed E-state index contributed by atoms with van der Waals surface area (Å²) in [7, 11) is -1.49. The molecule has 1 heterocycles. The van der Waals surface area contributed by atoms with Crippen LogP contribution < -0.4 is 10.0 Å². The molecule has 3 N–H and O–H groups in total. The molecule has 84 valence electrons. The first-order valence-corrected chi connectivity index (χ1v) is 6.44. The Hall–Kier alpha value is -0.850. The van der Waals surface area contributed by atoms with E-state index < -0.39 is 10.0 Å². The molecule has 0 bridgehead atoms. The van der Waals surface area contributed by atoms with Gasteiger partial charge in [0, 0.05) is 24.5 Å². The minimum absolute atomic E-state index is 0.151. The molecule has 1 aliphatic rings. The molecule has 0 aliphatic heterocycles. The Bertz CT molecular complexity index is 434. The molecule has 2 rings (SSSR count). The first-order valence-electron chi connectivity index (χ1n) is 4.96. The van der Waals surface area contributed by atoms with Crippen molar-refractivity contribution in [1.29, 1.82) is 0 Å². The van der Waals surface area contributed by atoms with Crippen molar-refractivity contribution in [3.05, 3.63) is 18.0 Å². The van der Waals surface area contributed by atoms with Gasteiger partial charge in [-0.15, -0.1) is 0 Å². The van der Waals surface area contributed by atoms with Crippen LogP contribution in [0.15, 0.2) is 17.2 Å². The summed E-state index contributed by atoms with van der Waals surface area (Å²) in [5.74, 6) is 0. The Morgan fingerprint density at radius 3 is 2.87 bits per heavy atom. The van der Waals surface area contributed by atoms with Gasteiger partial charge < -0.3 is 10.3 Å². The number of H-pyrrole nitrogens is 1. The monoisotopic (exact) mass is 229 g/mol. The molecule has 0 amide bonds. The van der Waals surface area contributed by atoms with Crippen molar-refractivity contribution in [2.45, 2.75) is 30.3 Å². The van der Waals surface area contributed by atoms with E-state index in [0.717, 1.165) is 18.5 Å². The zero-order chi connectivity index (χ0) is 10.9. The highest BCUT2D eigenvalue weighted by Crippen LogP contribution is 2.22. The predicted molar refractivity (Wildman–Crippen MR) is 56.9 cm³/mol. The molecular formula is C9H15N3O2S. The lowest BCUT2D eigenvalue weighted by atomic mass is 10.4. The van der Waals surface area contributed by atoms with Crippen LogP contribution in [0.25, 0.3) is 0 Å². The van der Waals surface area contributed by atoms with Crippen molar-refractivity contribution in [3.8, 4) is 0 Å². The van der Waals surface area contributed by atoms with E-state index in [4.69, 9.17) is 0 Å². The average Bonchev–Trinajstić information content (AvgIpc) is 2.82. The van der Waals surface area contributed by atoms with E-state index in [1.54, 1.807) is 6.07 Å². The van der Waals surface area contributed by atoms with Crippen molar-refractivity contribution in [2.75, 3.05) is 7.05 Å². The van der Waals surface area contributed by atoms with Gasteiger partial charge in [0.25, 0.3) is 0 Å². The van der Waals surface area contributed by atoms with Gasteiger partial charge in [-0.1, -0.05) is 0 Å². The Kier molecular flexibility index (Phi) is 2.81. The zero-order valence-corrected chi connectivity index (χ0v) is 9.39. The number of sulfonamides is 1. The zero-order valence-electron chi connectivity index (χ0n) is 8.58. The first-order chi connectivity index (χ1) is 7.12. The highest BCUT2D eigenvalue weighted by atomic mass is 32.2. The fraction of sp³-hybridized carbons (Fsp3) is 0.556. The second-order valence-electron chi connectivity index (χ2n) is 3.79. The second-order valence-corrected chi connectivity index (χ2v) is 5.50. The summed E-state index contributed by atoms with van der Waals surface area (Å²) < 4.78 is 26.1. The van der Waals surface area contributed by atoms with Crippen LogP contribution in [-0.2, 0) is 16.6 Å². The summed E-state index contributed by atoms with van der Waals surface area (Å²) in [6.45, 7) is 0.638. The van der Waals surface area contributed by atoms with Crippen LogP contribution in [0.4, 0.5) is 0 Å². The van der Waals surface area contributed by atoms with Gasteiger partial charge in [-0.25, -0.2) is 13.1 Å². The molecule has 0 radical (unpaired) electrons. The average molecular weight is 229 g/mol. The Morgan fingerprint density at radius 1 is 1.53 bits per heavy atom. The van der Waals surface area contributed by atoms with Gasteiger partial charge >= 0.3 is 0 Å². The van der Waals surface area contributed by atoms with Gasteiger partial charge in [-0.3, -0.25) is 0 Å². The Balaban J connectivity index is 2.12. The largest absolute Gasteiger partial charge is 0.363 e. The second kappa shape index (κ2) is 3.96. The Morgan fingerprint density at radius 2 is 2.27 bits per heavy atom. The highest BCUT2D eigenvalue weighted by Gasteiger charge is 2.28. The van der Waals surface area contributed by atoms with E-state index in [2.05, 4.69) is 15.0 Å². The maximum absolute atomic E-state index is 11.7. The molecule has 1 saturated carbocycles. The minimum Gasteiger partial charge on any atom is -0.363 e. The van der Waals surface area contributed by atoms with Crippen LogP contribution in [0.2, 0.25) is 0 Å². The molecule has 0 spiro atoms. The SMILES string of the molecule is CNCc1cc(S(=O)(=O)NC2CC2)c[nH]1. The van der Waals surface area contributed by atoms with Crippen LogP contribution in [-0.4, -0.2) is 26.5 Å². The summed E-state index contributed by atoms with van der Waals surface area (Å²) in [6, 6.07) is 1.80. The van der Waals surface area contributed by atoms with Gasteiger partial charge in [0.05, 0.1) is 4.90 Å². The first kappa shape index (κ1) is 10.7. The molecule has 5 nitrogen and oxygen atoms in total. The number of aromatic nitrogens is 1. The lowest BCUT2D eigenvalue weighted by Crippen LogP contribution is -2.25. The van der Waals surface area contributed by atoms with Gasteiger partial charge in [0.1, 0.15) is 0 Å². The van der Waals surface area contributed by atoms with Crippen molar-refractivity contribution >= 4 is 10.0 Å². The fourth-order valence-electron chi connectivity index (χ4n) is 1.36. The molecule has 6 heteroatoms. The van der Waals surface area contributed by atoms with Crippen molar-refractivity contribution in [1.82, 2.24) is 15.0 Å². The normalized spacial score (nSPS) is 16.9. The molecule has 0 atom stereocenters. The van der Waals surface area contributed by atoms with E-state index in [1.165, 1.54) is 6.20 Å². The third-order valence-electron chi connectivity index (χ3n) is 2.29. The lowest BCUT2D eigenvalue weighted by molar-refractivity contribution is 0.581. The maximum atomic E-state index is 11.7. The molecule has 0 unspecified atom stereocenters. The van der Waals surface area contributed by atoms with Crippen LogP contribution in [0.1, 0.15) is 18.5 Å². The van der Waals surface area contributed by atoms with Crippen molar-refractivity contribution in [3.63, 3.8) is 0 Å². The lowest BCUT2D eigenvalue weighted by Gasteiger charge is -2.01. The van der Waals surface area contributed by atoms with Crippen LogP contribution in [0, 0.1) is 0 Å². The number of hydrogen-bond donors (Lipinski definition) is 3. The third-order valence-corrected chi connectivity index (χ3v) is 3.79. The van der Waals surface area contributed by atoms with Crippen LogP contribution >= 0.6 is 0 Å². The standard InChI is InChI=1S/C9H15N3O2S/c1-10-5-8-4-9(6-11-8)15(13,14)12-7-2-3-7/h4,6-7,10-12H,2-3,5H2,1H3. The summed E-state index contributed by atoms with van der Waals surface area (Å²) in [5, 5.41) is 2.96. The summed E-state index contributed by atoms with van der Waals surface area (Å²) in [4.78, 5) is 3.24. The topological polar surface area (TPSA) is 74.0 Å². The van der Waals surface area contributed by atoms with Gasteiger partial charge in [-0.2, -0.15) is 0 Å². The van der Waals surface area contributed by atoms with Crippen LogP contribution in [0.3, 0.4) is 0 Å². The van der Waals surface area contributed by atoms with Crippen molar-refractivity contribution < 1.29 is 8.42 Å². The molecule has 1 aromatic heterocycles. The smallest absolute Gasteiger partial charge is 0.242 e. The van der Waals surface area contributed by atoms with Gasteiger partial charge in [0.15, 0.2) is 0 Å². The quantitative estimate of drug-likeness (QED) is 0.674. The third kappa shape index (κ3) is 2.58. The van der Waals surface area contributed by atoms with E-state index >= 15 is 0 Å². The van der Waals surface area contributed by atoms with Gasteiger partial charge in [-0.05, 0) is 26.0 Å². The molecule has 0 saturated heterocycles. The summed E-state index contributed by atoms with van der Waals surface area (Å²) >= 11 is 0.